The zero-order valence-electron chi connectivity index (χ0n) is 16.0. The van der Waals surface area contributed by atoms with Crippen molar-refractivity contribution >= 4 is 34.4 Å². The van der Waals surface area contributed by atoms with Crippen LogP contribution in [0.5, 0.6) is 5.75 Å². The van der Waals surface area contributed by atoms with Crippen LogP contribution in [0, 0.1) is 0 Å². The minimum atomic E-state index is -1.25. The van der Waals surface area contributed by atoms with Crippen molar-refractivity contribution in [1.82, 2.24) is 5.32 Å². The quantitative estimate of drug-likeness (QED) is 0.563. The molecule has 0 spiro atoms. The first kappa shape index (κ1) is 21.0. The van der Waals surface area contributed by atoms with Crippen LogP contribution in [0.15, 0.2) is 36.4 Å². The third-order valence-electron chi connectivity index (χ3n) is 3.77. The van der Waals surface area contributed by atoms with Crippen LogP contribution in [-0.4, -0.2) is 39.8 Å². The number of aromatic hydroxyl groups is 1. The van der Waals surface area contributed by atoms with E-state index in [1.54, 1.807) is 51.1 Å². The summed E-state index contributed by atoms with van der Waals surface area (Å²) in [5.74, 6) is -1.68. The molecule has 1 atom stereocenters. The highest BCUT2D eigenvalue weighted by Gasteiger charge is 2.23. The average molecular weight is 388 g/mol. The molecule has 0 radical (unpaired) electrons. The average Bonchev–Trinajstić information content (AvgIpc) is 2.56. The van der Waals surface area contributed by atoms with E-state index in [1.165, 1.54) is 6.07 Å². The number of benzene rings is 2. The van der Waals surface area contributed by atoms with Crippen molar-refractivity contribution < 1.29 is 29.3 Å². The number of nitrogens with one attached hydrogen (secondary N) is 2. The molecule has 8 nitrogen and oxygen atoms in total. The fraction of sp³-hybridized carbons (Fsp3) is 0.350. The number of carbonyl (C=O) groups excluding carboxylic acids is 2. The van der Waals surface area contributed by atoms with Gasteiger partial charge in [0, 0.05) is 11.8 Å². The Morgan fingerprint density at radius 3 is 2.50 bits per heavy atom. The van der Waals surface area contributed by atoms with Crippen LogP contribution in [0.4, 0.5) is 10.5 Å². The lowest BCUT2D eigenvalue weighted by atomic mass is 10.1. The zero-order chi connectivity index (χ0) is 20.9. The van der Waals surface area contributed by atoms with E-state index in [2.05, 4.69) is 10.6 Å². The lowest BCUT2D eigenvalue weighted by Crippen LogP contribution is -2.43. The third kappa shape index (κ3) is 6.15. The second-order valence-electron chi connectivity index (χ2n) is 7.33. The van der Waals surface area contributed by atoms with Gasteiger partial charge in [-0.25, -0.2) is 9.59 Å². The summed E-state index contributed by atoms with van der Waals surface area (Å²) in [6.07, 6.45) is -0.233. The molecule has 28 heavy (non-hydrogen) atoms. The number of aliphatic carboxylic acids is 1. The van der Waals surface area contributed by atoms with Crippen LogP contribution in [0.25, 0.3) is 10.8 Å². The van der Waals surface area contributed by atoms with E-state index in [9.17, 15) is 24.6 Å². The van der Waals surface area contributed by atoms with E-state index in [1.807, 2.05) is 0 Å². The number of phenolic OH excluding ortho intramolecular Hbond substituents is 1. The Hall–Kier alpha value is -3.29. The van der Waals surface area contributed by atoms with Crippen LogP contribution < -0.4 is 10.6 Å². The van der Waals surface area contributed by atoms with Crippen LogP contribution in [0.2, 0.25) is 0 Å². The van der Waals surface area contributed by atoms with Gasteiger partial charge in [-0.1, -0.05) is 12.1 Å². The lowest BCUT2D eigenvalue weighted by molar-refractivity contribution is -0.155. The second-order valence-corrected chi connectivity index (χ2v) is 7.33. The van der Waals surface area contributed by atoms with Gasteiger partial charge in [0.05, 0.1) is 5.69 Å². The number of carbonyl (C=O) groups is 3. The Kier molecular flexibility index (Phi) is 6.45. The Bertz CT molecular complexity index is 888. The van der Waals surface area contributed by atoms with Crippen molar-refractivity contribution in [2.45, 2.75) is 45.3 Å². The summed E-state index contributed by atoms with van der Waals surface area (Å²) in [5, 5.41) is 25.2. The molecule has 0 saturated heterocycles. The van der Waals surface area contributed by atoms with Gasteiger partial charge in [-0.2, -0.15) is 0 Å². The highest BCUT2D eigenvalue weighted by Crippen LogP contribution is 2.26. The molecule has 0 aliphatic rings. The number of hydrogen-bond acceptors (Lipinski definition) is 5. The smallest absolute Gasteiger partial charge is 0.326 e. The molecule has 1 unspecified atom stereocenters. The summed E-state index contributed by atoms with van der Waals surface area (Å²) in [6, 6.07) is 7.88. The number of hydrogen-bond donors (Lipinski definition) is 4. The largest absolute Gasteiger partial charge is 0.508 e. The molecule has 0 heterocycles. The number of anilines is 1. The molecule has 2 rings (SSSR count). The maximum atomic E-state index is 12.3. The standard InChI is InChI=1S/C20H24N2O6/c1-20(2,3)28-17(24)10-9-16(18(25)26)22-19(27)21-15-6-4-5-12-11-13(23)7-8-14(12)15/h4-8,11,16,23H,9-10H2,1-3H3,(H,25,26)(H2,21,22,27). The predicted octanol–water partition coefficient (Wildman–Crippen LogP) is 3.24. The normalized spacial score (nSPS) is 12.2. The van der Waals surface area contributed by atoms with Gasteiger partial charge in [0.2, 0.25) is 0 Å². The molecule has 2 aromatic carbocycles. The van der Waals surface area contributed by atoms with E-state index < -0.39 is 29.6 Å². The number of ether oxygens (including phenoxy) is 1. The first-order valence-electron chi connectivity index (χ1n) is 8.79. The second kappa shape index (κ2) is 8.60. The molecule has 0 fully saturated rings. The van der Waals surface area contributed by atoms with Crippen molar-refractivity contribution in [2.75, 3.05) is 5.32 Å². The van der Waals surface area contributed by atoms with Crippen molar-refractivity contribution in [2.24, 2.45) is 0 Å². The molecule has 4 N–H and O–H groups in total. The fourth-order valence-electron chi connectivity index (χ4n) is 2.61. The number of phenols is 1. The van der Waals surface area contributed by atoms with Crippen LogP contribution in [-0.2, 0) is 14.3 Å². The van der Waals surface area contributed by atoms with Gasteiger partial charge in [0.15, 0.2) is 0 Å². The summed E-state index contributed by atoms with van der Waals surface area (Å²) in [6.45, 7) is 5.15. The number of esters is 1. The molecule has 0 aromatic heterocycles. The predicted molar refractivity (Wildman–Crippen MR) is 104 cm³/mol. The van der Waals surface area contributed by atoms with Crippen LogP contribution >= 0.6 is 0 Å². The van der Waals surface area contributed by atoms with Crippen LogP contribution in [0.1, 0.15) is 33.6 Å². The maximum Gasteiger partial charge on any atom is 0.326 e. The van der Waals surface area contributed by atoms with Crippen molar-refractivity contribution in [3.8, 4) is 5.75 Å². The van der Waals surface area contributed by atoms with E-state index in [-0.39, 0.29) is 18.6 Å². The van der Waals surface area contributed by atoms with E-state index in [0.29, 0.717) is 11.1 Å². The van der Waals surface area contributed by atoms with Crippen molar-refractivity contribution in [3.05, 3.63) is 36.4 Å². The van der Waals surface area contributed by atoms with Gasteiger partial charge in [-0.15, -0.1) is 0 Å². The maximum absolute atomic E-state index is 12.3. The summed E-state index contributed by atoms with van der Waals surface area (Å²) >= 11 is 0. The topological polar surface area (TPSA) is 125 Å². The fourth-order valence-corrected chi connectivity index (χ4v) is 2.61. The van der Waals surface area contributed by atoms with E-state index in [0.717, 1.165) is 5.39 Å². The number of carboxylic acid groups (broad SMARTS) is 1. The van der Waals surface area contributed by atoms with Gasteiger partial charge >= 0.3 is 18.0 Å². The molecule has 150 valence electrons. The highest BCUT2D eigenvalue weighted by atomic mass is 16.6. The van der Waals surface area contributed by atoms with E-state index in [4.69, 9.17) is 4.74 Å². The van der Waals surface area contributed by atoms with Gasteiger partial charge < -0.3 is 25.6 Å². The Morgan fingerprint density at radius 1 is 1.14 bits per heavy atom. The first-order valence-corrected chi connectivity index (χ1v) is 8.79. The summed E-state index contributed by atoms with van der Waals surface area (Å²) in [7, 11) is 0. The monoisotopic (exact) mass is 388 g/mol. The zero-order valence-corrected chi connectivity index (χ0v) is 16.0. The SMILES string of the molecule is CC(C)(C)OC(=O)CCC(NC(=O)Nc1cccc2cc(O)ccc12)C(=O)O. The molecular formula is C20H24N2O6. The van der Waals surface area contributed by atoms with E-state index >= 15 is 0 Å². The van der Waals surface area contributed by atoms with Gasteiger partial charge in [0.1, 0.15) is 17.4 Å². The van der Waals surface area contributed by atoms with Crippen LogP contribution in [0.3, 0.4) is 0 Å². The Balaban J connectivity index is 2.01. The molecule has 0 aliphatic heterocycles. The molecule has 0 bridgehead atoms. The summed E-state index contributed by atoms with van der Waals surface area (Å²) in [5.41, 5.74) is -0.199. The lowest BCUT2D eigenvalue weighted by Gasteiger charge is -2.20. The number of carboxylic acids is 1. The molecule has 2 amide bonds. The molecule has 2 aromatic rings. The molecule has 8 heteroatoms. The summed E-state index contributed by atoms with van der Waals surface area (Å²) in [4.78, 5) is 35.4. The van der Waals surface area contributed by atoms with Crippen molar-refractivity contribution in [3.63, 3.8) is 0 Å². The Morgan fingerprint density at radius 2 is 1.86 bits per heavy atom. The molecule has 0 saturated carbocycles. The highest BCUT2D eigenvalue weighted by molar-refractivity contribution is 6.02. The summed E-state index contributed by atoms with van der Waals surface area (Å²) < 4.78 is 5.15. The number of fused-ring (bicyclic) bond motifs is 1. The van der Waals surface area contributed by atoms with Crippen molar-refractivity contribution in [1.29, 1.82) is 0 Å². The van der Waals surface area contributed by atoms with Gasteiger partial charge in [-0.05, 0) is 56.8 Å². The number of urea groups is 1. The van der Waals surface area contributed by atoms with Gasteiger partial charge in [-0.3, -0.25) is 4.79 Å². The molecule has 0 aliphatic carbocycles. The Labute approximate surface area is 162 Å². The number of rotatable bonds is 6. The minimum absolute atomic E-state index is 0.0962. The minimum Gasteiger partial charge on any atom is -0.508 e. The number of amides is 2. The third-order valence-corrected chi connectivity index (χ3v) is 3.77. The van der Waals surface area contributed by atoms with Gasteiger partial charge in [0.25, 0.3) is 0 Å². The molecular weight excluding hydrogens is 364 g/mol. The first-order chi connectivity index (χ1) is 13.0.